The van der Waals surface area contributed by atoms with Crippen LogP contribution in [-0.4, -0.2) is 24.3 Å². The van der Waals surface area contributed by atoms with Crippen molar-refractivity contribution in [3.05, 3.63) is 35.4 Å². The van der Waals surface area contributed by atoms with Gasteiger partial charge in [0.25, 0.3) is 5.92 Å². The first-order valence-electron chi connectivity index (χ1n) is 5.81. The predicted octanol–water partition coefficient (Wildman–Crippen LogP) is 2.90. The Labute approximate surface area is 103 Å². The molecule has 1 saturated heterocycles. The summed E-state index contributed by atoms with van der Waals surface area (Å²) in [5, 5.41) is 8.82. The van der Waals surface area contributed by atoms with Crippen molar-refractivity contribution in [3.63, 3.8) is 0 Å². The summed E-state index contributed by atoms with van der Waals surface area (Å²) < 4.78 is 33.5. The number of aromatic carboxylic acids is 1. The van der Waals surface area contributed by atoms with E-state index in [2.05, 4.69) is 0 Å². The standard InChI is InChI=1S/C13H14F2O3/c14-13(15,10-4-6-18-7-5-10)11-3-1-2-9(8-11)12(16)17/h1-3,8,10H,4-7H2,(H,16,17). The second-order valence-corrected chi connectivity index (χ2v) is 4.40. The summed E-state index contributed by atoms with van der Waals surface area (Å²) in [6.45, 7) is 0.664. The topological polar surface area (TPSA) is 46.5 Å². The van der Waals surface area contributed by atoms with Crippen LogP contribution in [0.5, 0.6) is 0 Å². The maximum absolute atomic E-state index is 14.2. The number of benzene rings is 1. The average Bonchev–Trinajstić information content (AvgIpc) is 2.40. The van der Waals surface area contributed by atoms with Crippen LogP contribution in [-0.2, 0) is 10.7 Å². The summed E-state index contributed by atoms with van der Waals surface area (Å²) in [5.41, 5.74) is -0.339. The Morgan fingerprint density at radius 3 is 2.61 bits per heavy atom. The minimum atomic E-state index is -3.00. The molecule has 0 atom stereocenters. The normalized spacial score (nSPS) is 17.7. The third-order valence-electron chi connectivity index (χ3n) is 3.23. The smallest absolute Gasteiger partial charge is 0.335 e. The lowest BCUT2D eigenvalue weighted by Crippen LogP contribution is -2.31. The molecule has 2 rings (SSSR count). The van der Waals surface area contributed by atoms with Crippen LogP contribution < -0.4 is 0 Å². The lowest BCUT2D eigenvalue weighted by atomic mass is 9.88. The number of carboxylic acid groups (broad SMARTS) is 1. The maximum Gasteiger partial charge on any atom is 0.335 e. The van der Waals surface area contributed by atoms with Crippen molar-refractivity contribution in [3.8, 4) is 0 Å². The van der Waals surface area contributed by atoms with Crippen molar-refractivity contribution in [2.75, 3.05) is 13.2 Å². The zero-order valence-electron chi connectivity index (χ0n) is 9.73. The van der Waals surface area contributed by atoms with Crippen molar-refractivity contribution >= 4 is 5.97 Å². The molecule has 0 radical (unpaired) electrons. The SMILES string of the molecule is O=C(O)c1cccc(C(F)(F)C2CCOCC2)c1. The van der Waals surface area contributed by atoms with Gasteiger partial charge in [-0.3, -0.25) is 0 Å². The van der Waals surface area contributed by atoms with E-state index in [0.29, 0.717) is 26.1 Å². The zero-order chi connectivity index (χ0) is 13.2. The van der Waals surface area contributed by atoms with Gasteiger partial charge >= 0.3 is 5.97 Å². The molecule has 0 bridgehead atoms. The minimum Gasteiger partial charge on any atom is -0.478 e. The Balaban J connectivity index is 2.27. The van der Waals surface area contributed by atoms with E-state index in [1.165, 1.54) is 18.2 Å². The summed E-state index contributed by atoms with van der Waals surface area (Å²) in [7, 11) is 0. The first-order chi connectivity index (χ1) is 8.51. The molecule has 98 valence electrons. The number of alkyl halides is 2. The molecule has 0 aliphatic carbocycles. The first kappa shape index (κ1) is 13.0. The van der Waals surface area contributed by atoms with Crippen LogP contribution in [0.3, 0.4) is 0 Å². The van der Waals surface area contributed by atoms with Gasteiger partial charge in [-0.2, -0.15) is 0 Å². The molecule has 0 spiro atoms. The van der Waals surface area contributed by atoms with Gasteiger partial charge in [-0.15, -0.1) is 0 Å². The van der Waals surface area contributed by atoms with Crippen LogP contribution in [0.25, 0.3) is 0 Å². The van der Waals surface area contributed by atoms with Crippen molar-refractivity contribution in [2.45, 2.75) is 18.8 Å². The van der Waals surface area contributed by atoms with Gasteiger partial charge in [0.15, 0.2) is 0 Å². The average molecular weight is 256 g/mol. The van der Waals surface area contributed by atoms with Gasteiger partial charge in [0, 0.05) is 24.7 Å². The van der Waals surface area contributed by atoms with Gasteiger partial charge in [0.2, 0.25) is 0 Å². The van der Waals surface area contributed by atoms with Crippen LogP contribution in [0.1, 0.15) is 28.8 Å². The molecule has 1 aromatic carbocycles. The highest BCUT2D eigenvalue weighted by Crippen LogP contribution is 2.41. The summed E-state index contributed by atoms with van der Waals surface area (Å²) in [4.78, 5) is 10.8. The van der Waals surface area contributed by atoms with Gasteiger partial charge in [-0.1, -0.05) is 12.1 Å². The minimum absolute atomic E-state index is 0.112. The van der Waals surface area contributed by atoms with E-state index in [9.17, 15) is 13.6 Å². The third-order valence-corrected chi connectivity index (χ3v) is 3.23. The number of hydrogen-bond acceptors (Lipinski definition) is 2. The fraction of sp³-hybridized carbons (Fsp3) is 0.462. The summed E-state index contributed by atoms with van der Waals surface area (Å²) in [6.07, 6.45) is 0.592. The molecule has 1 fully saturated rings. The van der Waals surface area contributed by atoms with Crippen LogP contribution >= 0.6 is 0 Å². The highest BCUT2D eigenvalue weighted by molar-refractivity contribution is 5.87. The molecule has 1 aliphatic rings. The van der Waals surface area contributed by atoms with Gasteiger partial charge in [0.1, 0.15) is 0 Å². The third kappa shape index (κ3) is 2.51. The highest BCUT2D eigenvalue weighted by atomic mass is 19.3. The fourth-order valence-corrected chi connectivity index (χ4v) is 2.16. The van der Waals surface area contributed by atoms with Crippen molar-refractivity contribution in [1.29, 1.82) is 0 Å². The Bertz CT molecular complexity index is 440. The number of ether oxygens (including phenoxy) is 1. The van der Waals surface area contributed by atoms with E-state index >= 15 is 0 Å². The molecule has 1 aliphatic heterocycles. The number of halogens is 2. The van der Waals surface area contributed by atoms with Crippen LogP contribution in [0, 0.1) is 5.92 Å². The van der Waals surface area contributed by atoms with E-state index in [-0.39, 0.29) is 11.1 Å². The highest BCUT2D eigenvalue weighted by Gasteiger charge is 2.42. The first-order valence-corrected chi connectivity index (χ1v) is 5.81. The van der Waals surface area contributed by atoms with E-state index < -0.39 is 17.8 Å². The molecule has 0 amide bonds. The Kier molecular flexibility index (Phi) is 3.61. The molecular formula is C13H14F2O3. The van der Waals surface area contributed by atoms with Crippen molar-refractivity contribution in [1.82, 2.24) is 0 Å². The largest absolute Gasteiger partial charge is 0.478 e. The fourth-order valence-electron chi connectivity index (χ4n) is 2.16. The molecule has 0 unspecified atom stereocenters. The molecule has 5 heteroatoms. The molecular weight excluding hydrogens is 242 g/mol. The molecule has 0 saturated carbocycles. The number of carboxylic acids is 1. The lowest BCUT2D eigenvalue weighted by molar-refractivity contribution is -0.102. The van der Waals surface area contributed by atoms with Crippen LogP contribution in [0.4, 0.5) is 8.78 Å². The van der Waals surface area contributed by atoms with Gasteiger partial charge < -0.3 is 9.84 Å². The second kappa shape index (κ2) is 5.02. The molecule has 3 nitrogen and oxygen atoms in total. The zero-order valence-corrected chi connectivity index (χ0v) is 9.73. The van der Waals surface area contributed by atoms with E-state index in [4.69, 9.17) is 9.84 Å². The lowest BCUT2D eigenvalue weighted by Gasteiger charge is -2.30. The van der Waals surface area contributed by atoms with Crippen molar-refractivity contribution in [2.24, 2.45) is 5.92 Å². The summed E-state index contributed by atoms with van der Waals surface area (Å²) >= 11 is 0. The summed E-state index contributed by atoms with van der Waals surface area (Å²) in [5.74, 6) is -4.98. The molecule has 1 N–H and O–H groups in total. The number of carbonyl (C=O) groups is 1. The predicted molar refractivity (Wildman–Crippen MR) is 60.8 cm³/mol. The maximum atomic E-state index is 14.2. The van der Waals surface area contributed by atoms with Crippen LogP contribution in [0.2, 0.25) is 0 Å². The molecule has 1 aromatic rings. The number of rotatable bonds is 3. The van der Waals surface area contributed by atoms with Gasteiger partial charge in [-0.05, 0) is 25.0 Å². The van der Waals surface area contributed by atoms with Crippen molar-refractivity contribution < 1.29 is 23.4 Å². The molecule has 0 aromatic heterocycles. The Morgan fingerprint density at radius 2 is 2.00 bits per heavy atom. The van der Waals surface area contributed by atoms with E-state index in [1.54, 1.807) is 0 Å². The van der Waals surface area contributed by atoms with Gasteiger partial charge in [-0.25, -0.2) is 13.6 Å². The van der Waals surface area contributed by atoms with E-state index in [0.717, 1.165) is 6.07 Å². The molecule has 1 heterocycles. The summed E-state index contributed by atoms with van der Waals surface area (Å²) in [6, 6.07) is 5.00. The molecule has 18 heavy (non-hydrogen) atoms. The number of hydrogen-bond donors (Lipinski definition) is 1. The van der Waals surface area contributed by atoms with Crippen LogP contribution in [0.15, 0.2) is 24.3 Å². The quantitative estimate of drug-likeness (QED) is 0.904. The second-order valence-electron chi connectivity index (χ2n) is 4.40. The van der Waals surface area contributed by atoms with Gasteiger partial charge in [0.05, 0.1) is 5.56 Å². The Hall–Kier alpha value is -1.49. The monoisotopic (exact) mass is 256 g/mol. The van der Waals surface area contributed by atoms with E-state index in [1.807, 2.05) is 0 Å². The Morgan fingerprint density at radius 1 is 1.33 bits per heavy atom.